The molecule has 0 atom stereocenters. The lowest BCUT2D eigenvalue weighted by Gasteiger charge is -2.06. The van der Waals surface area contributed by atoms with E-state index in [1.165, 1.54) is 0 Å². The Kier molecular flexibility index (Phi) is 3.67. The van der Waals surface area contributed by atoms with Crippen molar-refractivity contribution in [2.45, 2.75) is 11.8 Å². The van der Waals surface area contributed by atoms with Gasteiger partial charge in [-0.2, -0.15) is 0 Å². The molecule has 0 aliphatic heterocycles. The van der Waals surface area contributed by atoms with E-state index in [4.69, 9.17) is 5.11 Å². The van der Waals surface area contributed by atoms with Gasteiger partial charge >= 0.3 is 5.97 Å². The van der Waals surface area contributed by atoms with Crippen LogP contribution < -0.4 is 0 Å². The fourth-order valence-electron chi connectivity index (χ4n) is 1.02. The molecule has 3 nitrogen and oxygen atoms in total. The molecule has 0 aliphatic rings. The van der Waals surface area contributed by atoms with Crippen molar-refractivity contribution in [3.05, 3.63) is 28.8 Å². The first kappa shape index (κ1) is 12.0. The Morgan fingerprint density at radius 3 is 2.60 bits per heavy atom. The van der Waals surface area contributed by atoms with Crippen LogP contribution in [0.25, 0.3) is 0 Å². The van der Waals surface area contributed by atoms with Gasteiger partial charge in [0.15, 0.2) is 0 Å². The van der Waals surface area contributed by atoms with E-state index in [-0.39, 0.29) is 11.0 Å². The van der Waals surface area contributed by atoms with Gasteiger partial charge in [0.05, 0.1) is 5.69 Å². The van der Waals surface area contributed by atoms with E-state index >= 15 is 0 Å². The fraction of sp³-hybridized carbons (Fsp3) is 0.250. The molecule has 0 radical (unpaired) electrons. The fourth-order valence-corrected chi connectivity index (χ4v) is 1.42. The third-order valence-electron chi connectivity index (χ3n) is 1.63. The van der Waals surface area contributed by atoms with Crippen molar-refractivity contribution in [3.8, 4) is 0 Å². The topological polar surface area (TPSA) is 50.2 Å². The molecule has 0 saturated carbocycles. The number of hydrogen-bond donors (Lipinski definition) is 1. The molecule has 1 aromatic heterocycles. The second-order valence-corrected chi connectivity index (χ2v) is 3.15. The molecule has 15 heavy (non-hydrogen) atoms. The maximum Gasteiger partial charge on any atom is 0.340 e. The predicted molar refractivity (Wildman–Crippen MR) is 48.7 cm³/mol. The van der Waals surface area contributed by atoms with E-state index in [2.05, 4.69) is 20.9 Å². The smallest absolute Gasteiger partial charge is 0.340 e. The number of aromatic nitrogens is 1. The van der Waals surface area contributed by atoms with Crippen molar-refractivity contribution >= 4 is 21.9 Å². The SMILES string of the molecule is O=C(O)c1c(F)cc(C(F)F)nc1CBr. The number of pyridine rings is 1. The van der Waals surface area contributed by atoms with Crippen LogP contribution in [0.5, 0.6) is 0 Å². The number of carbonyl (C=O) groups is 1. The summed E-state index contributed by atoms with van der Waals surface area (Å²) in [5.41, 5.74) is -1.71. The van der Waals surface area contributed by atoms with Crippen LogP contribution in [-0.4, -0.2) is 16.1 Å². The van der Waals surface area contributed by atoms with Gasteiger partial charge in [-0.3, -0.25) is 0 Å². The molecular weight excluding hydrogens is 279 g/mol. The molecule has 0 aliphatic carbocycles. The normalized spacial score (nSPS) is 10.7. The second-order valence-electron chi connectivity index (χ2n) is 2.59. The number of rotatable bonds is 3. The molecule has 0 fully saturated rings. The zero-order chi connectivity index (χ0) is 11.6. The van der Waals surface area contributed by atoms with Gasteiger partial charge in [0.25, 0.3) is 6.43 Å². The Bertz CT molecular complexity index is 398. The lowest BCUT2D eigenvalue weighted by Crippen LogP contribution is -2.09. The van der Waals surface area contributed by atoms with Crippen LogP contribution in [0.2, 0.25) is 0 Å². The molecular formula is C8H5BrF3NO2. The van der Waals surface area contributed by atoms with Gasteiger partial charge in [-0.25, -0.2) is 22.9 Å². The summed E-state index contributed by atoms with van der Waals surface area (Å²) in [6, 6.07) is 0.431. The average Bonchev–Trinajstić information content (AvgIpc) is 2.15. The Balaban J connectivity index is 3.37. The van der Waals surface area contributed by atoms with Crippen LogP contribution >= 0.6 is 15.9 Å². The van der Waals surface area contributed by atoms with E-state index in [1.807, 2.05) is 0 Å². The lowest BCUT2D eigenvalue weighted by molar-refractivity contribution is 0.0689. The Morgan fingerprint density at radius 1 is 1.60 bits per heavy atom. The first-order valence-corrected chi connectivity index (χ1v) is 4.86. The summed E-state index contributed by atoms with van der Waals surface area (Å²) in [5, 5.41) is 8.51. The zero-order valence-electron chi connectivity index (χ0n) is 7.18. The molecule has 1 aromatic rings. The molecule has 1 heterocycles. The Labute approximate surface area is 91.1 Å². The summed E-state index contributed by atoms with van der Waals surface area (Å²) >= 11 is 2.86. The molecule has 82 valence electrons. The van der Waals surface area contributed by atoms with Gasteiger partial charge in [0, 0.05) is 11.4 Å². The summed E-state index contributed by atoms with van der Waals surface area (Å²) in [6.07, 6.45) is -2.93. The first-order chi connectivity index (χ1) is 6.97. The van der Waals surface area contributed by atoms with E-state index < -0.39 is 29.5 Å². The summed E-state index contributed by atoms with van der Waals surface area (Å²) in [6.45, 7) is 0. The minimum Gasteiger partial charge on any atom is -0.478 e. The highest BCUT2D eigenvalue weighted by atomic mass is 79.9. The predicted octanol–water partition coefficient (Wildman–Crippen LogP) is 2.75. The van der Waals surface area contributed by atoms with E-state index in [9.17, 15) is 18.0 Å². The molecule has 1 N–H and O–H groups in total. The first-order valence-electron chi connectivity index (χ1n) is 3.74. The third-order valence-corrected chi connectivity index (χ3v) is 2.16. The lowest BCUT2D eigenvalue weighted by atomic mass is 10.1. The van der Waals surface area contributed by atoms with E-state index in [0.29, 0.717) is 6.07 Å². The standard InChI is InChI=1S/C8H5BrF3NO2/c9-2-5-6(8(14)15)3(10)1-4(13-5)7(11)12/h1,7H,2H2,(H,14,15). The number of hydrogen-bond acceptors (Lipinski definition) is 2. The summed E-state index contributed by atoms with van der Waals surface area (Å²) in [5.74, 6) is -2.74. The zero-order valence-corrected chi connectivity index (χ0v) is 8.76. The highest BCUT2D eigenvalue weighted by molar-refractivity contribution is 9.08. The number of halogens is 4. The minimum atomic E-state index is -2.93. The minimum absolute atomic E-state index is 0.105. The van der Waals surface area contributed by atoms with Crippen molar-refractivity contribution in [3.63, 3.8) is 0 Å². The van der Waals surface area contributed by atoms with Crippen molar-refractivity contribution in [2.75, 3.05) is 0 Å². The van der Waals surface area contributed by atoms with Crippen LogP contribution in [0.4, 0.5) is 13.2 Å². The molecule has 1 rings (SSSR count). The number of carboxylic acids is 1. The van der Waals surface area contributed by atoms with Crippen LogP contribution in [0.3, 0.4) is 0 Å². The molecule has 0 spiro atoms. The monoisotopic (exact) mass is 283 g/mol. The van der Waals surface area contributed by atoms with Gasteiger partial charge in [0.1, 0.15) is 17.1 Å². The van der Waals surface area contributed by atoms with Crippen molar-refractivity contribution in [1.29, 1.82) is 0 Å². The van der Waals surface area contributed by atoms with Gasteiger partial charge in [-0.05, 0) is 0 Å². The van der Waals surface area contributed by atoms with Gasteiger partial charge in [0.2, 0.25) is 0 Å². The quantitative estimate of drug-likeness (QED) is 0.868. The Morgan fingerprint density at radius 2 is 2.20 bits per heavy atom. The third kappa shape index (κ3) is 2.47. The largest absolute Gasteiger partial charge is 0.478 e. The van der Waals surface area contributed by atoms with Gasteiger partial charge < -0.3 is 5.11 Å². The highest BCUT2D eigenvalue weighted by Crippen LogP contribution is 2.22. The van der Waals surface area contributed by atoms with Crippen LogP contribution in [0.1, 0.15) is 28.2 Å². The van der Waals surface area contributed by atoms with Gasteiger partial charge in [-0.15, -0.1) is 0 Å². The van der Waals surface area contributed by atoms with Gasteiger partial charge in [-0.1, -0.05) is 15.9 Å². The summed E-state index contributed by atoms with van der Waals surface area (Å²) in [7, 11) is 0. The van der Waals surface area contributed by atoms with Crippen molar-refractivity contribution < 1.29 is 23.1 Å². The van der Waals surface area contributed by atoms with Crippen molar-refractivity contribution in [1.82, 2.24) is 4.98 Å². The number of nitrogens with zero attached hydrogens (tertiary/aromatic N) is 1. The van der Waals surface area contributed by atoms with Crippen LogP contribution in [0, 0.1) is 5.82 Å². The Hall–Kier alpha value is -1.11. The maximum absolute atomic E-state index is 13.1. The summed E-state index contributed by atoms with van der Waals surface area (Å²) in [4.78, 5) is 13.9. The van der Waals surface area contributed by atoms with Crippen LogP contribution in [0.15, 0.2) is 6.07 Å². The second kappa shape index (κ2) is 4.61. The average molecular weight is 284 g/mol. The highest BCUT2D eigenvalue weighted by Gasteiger charge is 2.21. The molecule has 0 aromatic carbocycles. The van der Waals surface area contributed by atoms with Crippen LogP contribution in [-0.2, 0) is 5.33 Å². The molecule has 0 unspecified atom stereocenters. The molecule has 0 amide bonds. The van der Waals surface area contributed by atoms with E-state index in [1.54, 1.807) is 0 Å². The van der Waals surface area contributed by atoms with E-state index in [0.717, 1.165) is 0 Å². The number of aromatic carboxylic acids is 1. The summed E-state index contributed by atoms with van der Waals surface area (Å²) < 4.78 is 37.5. The molecule has 0 bridgehead atoms. The molecule has 7 heteroatoms. The van der Waals surface area contributed by atoms with Crippen molar-refractivity contribution in [2.24, 2.45) is 0 Å². The maximum atomic E-state index is 13.1. The number of carboxylic acid groups (broad SMARTS) is 1. The molecule has 0 saturated heterocycles. The number of alkyl halides is 3.